The lowest BCUT2D eigenvalue weighted by atomic mass is 9.99. The lowest BCUT2D eigenvalue weighted by Crippen LogP contribution is -2.54. The maximum absolute atomic E-state index is 12.2. The highest BCUT2D eigenvalue weighted by Gasteiger charge is 2.42. The van der Waals surface area contributed by atoms with Crippen LogP contribution in [0.4, 0.5) is 0 Å². The third kappa shape index (κ3) is 4.85. The molecule has 1 unspecified atom stereocenters. The van der Waals surface area contributed by atoms with Crippen molar-refractivity contribution in [3.63, 3.8) is 0 Å². The van der Waals surface area contributed by atoms with Crippen LogP contribution in [0, 0.1) is 5.92 Å². The summed E-state index contributed by atoms with van der Waals surface area (Å²) < 4.78 is 28.9. The first-order chi connectivity index (χ1) is 9.72. The summed E-state index contributed by atoms with van der Waals surface area (Å²) in [5, 5.41) is 6.46. The van der Waals surface area contributed by atoms with E-state index in [4.69, 9.17) is 4.74 Å². The summed E-state index contributed by atoms with van der Waals surface area (Å²) in [5.74, 6) is 1.11. The van der Waals surface area contributed by atoms with Crippen LogP contribution in [0.25, 0.3) is 0 Å². The summed E-state index contributed by atoms with van der Waals surface area (Å²) in [6.07, 6.45) is 2.36. The van der Waals surface area contributed by atoms with E-state index in [0.29, 0.717) is 44.5 Å². The minimum atomic E-state index is -3.16. The second-order valence-corrected chi connectivity index (χ2v) is 8.58. The van der Waals surface area contributed by atoms with E-state index < -0.39 is 14.6 Å². The monoisotopic (exact) mass is 319 g/mol. The summed E-state index contributed by atoms with van der Waals surface area (Å²) in [7, 11) is -1.47. The molecule has 2 N–H and O–H groups in total. The van der Waals surface area contributed by atoms with Gasteiger partial charge >= 0.3 is 0 Å². The smallest absolute Gasteiger partial charge is 0.191 e. The van der Waals surface area contributed by atoms with E-state index in [1.54, 1.807) is 7.05 Å². The fourth-order valence-electron chi connectivity index (χ4n) is 2.24. The van der Waals surface area contributed by atoms with Crippen molar-refractivity contribution in [2.45, 2.75) is 44.4 Å². The van der Waals surface area contributed by atoms with Crippen LogP contribution < -0.4 is 10.6 Å². The number of rotatable bonds is 5. The van der Waals surface area contributed by atoms with Crippen molar-refractivity contribution in [3.8, 4) is 0 Å². The molecule has 1 heterocycles. The molecule has 1 fully saturated rings. The molecule has 1 rings (SSSR count). The average molecular weight is 319 g/mol. The van der Waals surface area contributed by atoms with Crippen molar-refractivity contribution in [2.75, 3.05) is 33.1 Å². The van der Waals surface area contributed by atoms with Crippen molar-refractivity contribution in [3.05, 3.63) is 0 Å². The molecule has 0 radical (unpaired) electrons. The third-order valence-corrected chi connectivity index (χ3v) is 6.48. The zero-order chi connectivity index (χ0) is 16.1. The van der Waals surface area contributed by atoms with Crippen LogP contribution >= 0.6 is 0 Å². The number of guanidine groups is 1. The van der Waals surface area contributed by atoms with E-state index in [-0.39, 0.29) is 6.04 Å². The van der Waals surface area contributed by atoms with Crippen molar-refractivity contribution < 1.29 is 13.2 Å². The Morgan fingerprint density at radius 3 is 2.29 bits per heavy atom. The zero-order valence-electron chi connectivity index (χ0n) is 13.8. The highest BCUT2D eigenvalue weighted by Crippen LogP contribution is 2.28. The van der Waals surface area contributed by atoms with Gasteiger partial charge in [-0.2, -0.15) is 0 Å². The van der Waals surface area contributed by atoms with E-state index in [9.17, 15) is 8.42 Å². The summed E-state index contributed by atoms with van der Waals surface area (Å²) >= 11 is 0. The van der Waals surface area contributed by atoms with Gasteiger partial charge in [-0.25, -0.2) is 8.42 Å². The molecule has 7 heteroatoms. The number of hydrogen-bond donors (Lipinski definition) is 2. The van der Waals surface area contributed by atoms with Crippen LogP contribution in [0.3, 0.4) is 0 Å². The minimum absolute atomic E-state index is 0.264. The van der Waals surface area contributed by atoms with E-state index in [1.807, 2.05) is 0 Å². The molecule has 0 aromatic heterocycles. The highest BCUT2D eigenvalue weighted by molar-refractivity contribution is 7.92. The molecule has 0 aromatic rings. The second kappa shape index (κ2) is 7.45. The first-order valence-electron chi connectivity index (χ1n) is 7.46. The zero-order valence-corrected chi connectivity index (χ0v) is 14.6. The summed E-state index contributed by atoms with van der Waals surface area (Å²) in [4.78, 5) is 4.18. The van der Waals surface area contributed by atoms with Crippen LogP contribution in [-0.2, 0) is 14.6 Å². The number of aliphatic imine (C=N–C) groups is 1. The van der Waals surface area contributed by atoms with Gasteiger partial charge in [0.1, 0.15) is 0 Å². The Kier molecular flexibility index (Phi) is 6.46. The normalized spacial score (nSPS) is 21.1. The lowest BCUT2D eigenvalue weighted by Gasteiger charge is -2.36. The van der Waals surface area contributed by atoms with Gasteiger partial charge in [0, 0.05) is 39.1 Å². The van der Waals surface area contributed by atoms with Gasteiger partial charge in [-0.3, -0.25) is 4.99 Å². The SMILES string of the molecule is CN=C(NCC1(S(C)(=O)=O)CCOCC1)NC(C)C(C)C. The molecule has 1 atom stereocenters. The van der Waals surface area contributed by atoms with E-state index >= 15 is 0 Å². The molecule has 6 nitrogen and oxygen atoms in total. The number of ether oxygens (including phenoxy) is 1. The van der Waals surface area contributed by atoms with Gasteiger partial charge in [-0.15, -0.1) is 0 Å². The first-order valence-corrected chi connectivity index (χ1v) is 9.35. The fraction of sp³-hybridized carbons (Fsp3) is 0.929. The van der Waals surface area contributed by atoms with Gasteiger partial charge in [-0.05, 0) is 25.7 Å². The van der Waals surface area contributed by atoms with Crippen LogP contribution in [0.15, 0.2) is 4.99 Å². The Labute approximate surface area is 128 Å². The molecule has 0 spiro atoms. The predicted molar refractivity (Wildman–Crippen MR) is 86.4 cm³/mol. The summed E-state index contributed by atoms with van der Waals surface area (Å²) in [6, 6.07) is 0.264. The average Bonchev–Trinajstić information content (AvgIpc) is 2.42. The Hall–Kier alpha value is -0.820. The van der Waals surface area contributed by atoms with Crippen LogP contribution in [0.2, 0.25) is 0 Å². The topological polar surface area (TPSA) is 79.8 Å². The first kappa shape index (κ1) is 18.2. The van der Waals surface area contributed by atoms with Crippen molar-refractivity contribution in [1.29, 1.82) is 0 Å². The fourth-order valence-corrected chi connectivity index (χ4v) is 3.49. The van der Waals surface area contributed by atoms with Gasteiger partial charge in [0.2, 0.25) is 0 Å². The number of nitrogens with zero attached hydrogens (tertiary/aromatic N) is 1. The van der Waals surface area contributed by atoms with Gasteiger partial charge in [0.05, 0.1) is 4.75 Å². The van der Waals surface area contributed by atoms with Crippen LogP contribution in [0.1, 0.15) is 33.6 Å². The highest BCUT2D eigenvalue weighted by atomic mass is 32.2. The molecule has 21 heavy (non-hydrogen) atoms. The molecule has 1 aliphatic heterocycles. The second-order valence-electron chi connectivity index (χ2n) is 6.17. The van der Waals surface area contributed by atoms with E-state index in [1.165, 1.54) is 6.26 Å². The minimum Gasteiger partial charge on any atom is -0.381 e. The van der Waals surface area contributed by atoms with Gasteiger partial charge in [0.15, 0.2) is 15.8 Å². The maximum Gasteiger partial charge on any atom is 0.191 e. The van der Waals surface area contributed by atoms with Crippen molar-refractivity contribution >= 4 is 15.8 Å². The summed E-state index contributed by atoms with van der Waals surface area (Å²) in [5.41, 5.74) is 0. The third-order valence-electron chi connectivity index (χ3n) is 4.36. The van der Waals surface area contributed by atoms with Crippen molar-refractivity contribution in [1.82, 2.24) is 10.6 Å². The van der Waals surface area contributed by atoms with E-state index in [0.717, 1.165) is 0 Å². The molecule has 0 saturated carbocycles. The van der Waals surface area contributed by atoms with Gasteiger partial charge in [-0.1, -0.05) is 13.8 Å². The Morgan fingerprint density at radius 1 is 1.29 bits per heavy atom. The Bertz CT molecular complexity index is 454. The number of sulfone groups is 1. The quantitative estimate of drug-likeness (QED) is 0.578. The van der Waals surface area contributed by atoms with Crippen LogP contribution in [-0.4, -0.2) is 58.2 Å². The maximum atomic E-state index is 12.2. The lowest BCUT2D eigenvalue weighted by molar-refractivity contribution is 0.0756. The predicted octanol–water partition coefficient (Wildman–Crippen LogP) is 0.790. The molecule has 0 amide bonds. The Balaban J connectivity index is 2.72. The molecule has 0 aromatic carbocycles. The molecular formula is C14H29N3O3S. The molecule has 0 bridgehead atoms. The molecular weight excluding hydrogens is 290 g/mol. The summed E-state index contributed by atoms with van der Waals surface area (Å²) in [6.45, 7) is 7.67. The number of hydrogen-bond acceptors (Lipinski definition) is 4. The van der Waals surface area contributed by atoms with Gasteiger partial charge in [0.25, 0.3) is 0 Å². The standard InChI is InChI=1S/C14H29N3O3S/c1-11(2)12(3)17-13(15-4)16-10-14(21(5,18)19)6-8-20-9-7-14/h11-12H,6-10H2,1-5H3,(H2,15,16,17). The number of nitrogens with one attached hydrogen (secondary N) is 2. The molecule has 0 aliphatic carbocycles. The van der Waals surface area contributed by atoms with Crippen LogP contribution in [0.5, 0.6) is 0 Å². The Morgan fingerprint density at radius 2 is 1.86 bits per heavy atom. The van der Waals surface area contributed by atoms with Crippen molar-refractivity contribution in [2.24, 2.45) is 10.9 Å². The van der Waals surface area contributed by atoms with Gasteiger partial charge < -0.3 is 15.4 Å². The molecule has 1 saturated heterocycles. The van der Waals surface area contributed by atoms with E-state index in [2.05, 4.69) is 36.4 Å². The largest absolute Gasteiger partial charge is 0.381 e. The molecule has 124 valence electrons. The molecule has 1 aliphatic rings.